The van der Waals surface area contributed by atoms with Crippen LogP contribution in [0.2, 0.25) is 0 Å². The molecule has 0 bridgehead atoms. The summed E-state index contributed by atoms with van der Waals surface area (Å²) in [5, 5.41) is 5.15. The Hall–Kier alpha value is -0.330. The molecule has 1 saturated carbocycles. The van der Waals surface area contributed by atoms with Crippen LogP contribution in [0, 0.1) is 0 Å². The van der Waals surface area contributed by atoms with Crippen LogP contribution < -0.4 is 11.1 Å². The highest BCUT2D eigenvalue weighted by Crippen LogP contribution is 2.33. The number of halogens is 2. The monoisotopic (exact) mass is 351 g/mol. The number of carbonyl (C=O) groups excluding carboxylic acids is 1. The van der Waals surface area contributed by atoms with Crippen molar-refractivity contribution in [3.8, 4) is 0 Å². The molecule has 2 heterocycles. The maximum Gasteiger partial charge on any atom is 0.240 e. The van der Waals surface area contributed by atoms with Gasteiger partial charge in [0, 0.05) is 11.4 Å². The van der Waals surface area contributed by atoms with E-state index in [4.69, 9.17) is 5.73 Å². The molecule has 1 aliphatic carbocycles. The van der Waals surface area contributed by atoms with Gasteiger partial charge in [-0.2, -0.15) is 0 Å². The number of amides is 1. The zero-order valence-corrected chi connectivity index (χ0v) is 14.4. The summed E-state index contributed by atoms with van der Waals surface area (Å²) in [5.41, 5.74) is 5.36. The molecule has 1 atom stereocenters. The average Bonchev–Trinajstić information content (AvgIpc) is 2.91. The Kier molecular flexibility index (Phi) is 6.94. The second-order valence-corrected chi connectivity index (χ2v) is 6.62. The third-order valence-electron chi connectivity index (χ3n) is 4.15. The van der Waals surface area contributed by atoms with E-state index in [9.17, 15) is 4.79 Å². The van der Waals surface area contributed by atoms with Gasteiger partial charge in [0.15, 0.2) is 0 Å². The lowest BCUT2D eigenvalue weighted by Gasteiger charge is -2.27. The summed E-state index contributed by atoms with van der Waals surface area (Å²) in [6.07, 6.45) is 4.17. The van der Waals surface area contributed by atoms with Crippen LogP contribution in [0.5, 0.6) is 0 Å². The number of likely N-dealkylation sites (tertiary alicyclic amines) is 1. The molecule has 21 heavy (non-hydrogen) atoms. The average molecular weight is 352 g/mol. The molecule has 7 heteroatoms. The van der Waals surface area contributed by atoms with Crippen molar-refractivity contribution in [3.05, 3.63) is 22.4 Å². The lowest BCUT2D eigenvalue weighted by atomic mass is 10.2. The van der Waals surface area contributed by atoms with E-state index in [0.717, 1.165) is 25.9 Å². The van der Waals surface area contributed by atoms with E-state index < -0.39 is 5.54 Å². The Morgan fingerprint density at radius 2 is 2.05 bits per heavy atom. The summed E-state index contributed by atoms with van der Waals surface area (Å²) in [6.45, 7) is 2.94. The fourth-order valence-corrected chi connectivity index (χ4v) is 3.53. The second-order valence-electron chi connectivity index (χ2n) is 5.64. The molecule has 3 N–H and O–H groups in total. The molecule has 2 fully saturated rings. The van der Waals surface area contributed by atoms with Gasteiger partial charge in [0.2, 0.25) is 5.91 Å². The molecule has 120 valence electrons. The van der Waals surface area contributed by atoms with Crippen LogP contribution in [0.25, 0.3) is 0 Å². The summed E-state index contributed by atoms with van der Waals surface area (Å²) in [4.78, 5) is 15.8. The van der Waals surface area contributed by atoms with E-state index in [0.29, 0.717) is 12.6 Å². The molecule has 0 spiro atoms. The third kappa shape index (κ3) is 4.33. The highest BCUT2D eigenvalue weighted by Gasteiger charge is 2.46. The Labute approximate surface area is 142 Å². The van der Waals surface area contributed by atoms with Crippen LogP contribution in [0.1, 0.15) is 36.6 Å². The standard InChI is InChI=1S/C14H21N3OS.2ClH/c15-14(5-6-14)13(18)16-10-11(12-4-3-9-19-12)17-7-1-2-8-17;;/h3-4,9,11H,1-2,5-8,10,15H2,(H,16,18);2*1H. The maximum atomic E-state index is 12.0. The molecule has 0 aromatic carbocycles. The minimum absolute atomic E-state index is 0. The van der Waals surface area contributed by atoms with Gasteiger partial charge in [0.25, 0.3) is 0 Å². The summed E-state index contributed by atoms with van der Waals surface area (Å²) in [7, 11) is 0. The minimum Gasteiger partial charge on any atom is -0.353 e. The number of thiophene rings is 1. The zero-order chi connectivity index (χ0) is 13.3. The first-order valence-electron chi connectivity index (χ1n) is 7.04. The molecule has 4 nitrogen and oxygen atoms in total. The molecule has 3 rings (SSSR count). The Balaban J connectivity index is 0.00000110. The quantitative estimate of drug-likeness (QED) is 0.855. The lowest BCUT2D eigenvalue weighted by Crippen LogP contribution is -2.45. The van der Waals surface area contributed by atoms with Gasteiger partial charge in [-0.1, -0.05) is 6.07 Å². The second kappa shape index (κ2) is 7.79. The number of hydrogen-bond acceptors (Lipinski definition) is 4. The van der Waals surface area contributed by atoms with Crippen molar-refractivity contribution in [3.63, 3.8) is 0 Å². The van der Waals surface area contributed by atoms with E-state index in [1.165, 1.54) is 17.7 Å². The van der Waals surface area contributed by atoms with Crippen molar-refractivity contribution >= 4 is 42.1 Å². The Morgan fingerprint density at radius 3 is 2.57 bits per heavy atom. The largest absolute Gasteiger partial charge is 0.353 e. The van der Waals surface area contributed by atoms with Crippen molar-refractivity contribution in [2.24, 2.45) is 5.73 Å². The van der Waals surface area contributed by atoms with E-state index in [2.05, 4.69) is 27.7 Å². The van der Waals surface area contributed by atoms with E-state index in [1.807, 2.05) is 0 Å². The van der Waals surface area contributed by atoms with Crippen molar-refractivity contribution < 1.29 is 4.79 Å². The smallest absolute Gasteiger partial charge is 0.240 e. The van der Waals surface area contributed by atoms with Crippen molar-refractivity contribution in [2.75, 3.05) is 19.6 Å². The van der Waals surface area contributed by atoms with E-state index in [1.54, 1.807) is 11.3 Å². The van der Waals surface area contributed by atoms with E-state index >= 15 is 0 Å². The number of hydrogen-bond donors (Lipinski definition) is 2. The van der Waals surface area contributed by atoms with Gasteiger partial charge < -0.3 is 11.1 Å². The first-order chi connectivity index (χ1) is 9.19. The predicted molar refractivity (Wildman–Crippen MR) is 91.5 cm³/mol. The van der Waals surface area contributed by atoms with Crippen LogP contribution in [-0.2, 0) is 4.79 Å². The van der Waals surface area contributed by atoms with Crippen molar-refractivity contribution in [1.82, 2.24) is 10.2 Å². The number of nitrogens with zero attached hydrogens (tertiary/aromatic N) is 1. The summed E-state index contributed by atoms with van der Waals surface area (Å²) >= 11 is 1.77. The van der Waals surface area contributed by atoms with Gasteiger partial charge in [-0.3, -0.25) is 9.69 Å². The van der Waals surface area contributed by atoms with Gasteiger partial charge in [-0.05, 0) is 50.2 Å². The first-order valence-corrected chi connectivity index (χ1v) is 7.92. The van der Waals surface area contributed by atoms with Gasteiger partial charge in [-0.15, -0.1) is 36.2 Å². The number of nitrogens with one attached hydrogen (secondary N) is 1. The molecule has 1 aliphatic heterocycles. The van der Waals surface area contributed by atoms with Gasteiger partial charge >= 0.3 is 0 Å². The van der Waals surface area contributed by atoms with Gasteiger partial charge in [0.05, 0.1) is 11.6 Å². The number of nitrogens with two attached hydrogens (primary N) is 1. The number of carbonyl (C=O) groups is 1. The maximum absolute atomic E-state index is 12.0. The Bertz CT molecular complexity index is 445. The van der Waals surface area contributed by atoms with E-state index in [-0.39, 0.29) is 30.7 Å². The third-order valence-corrected chi connectivity index (χ3v) is 5.12. The van der Waals surface area contributed by atoms with Gasteiger partial charge in [-0.25, -0.2) is 0 Å². The molecule has 1 saturated heterocycles. The van der Waals surface area contributed by atoms with Crippen LogP contribution in [0.4, 0.5) is 0 Å². The molecule has 1 unspecified atom stereocenters. The van der Waals surface area contributed by atoms with Crippen LogP contribution >= 0.6 is 36.2 Å². The lowest BCUT2D eigenvalue weighted by molar-refractivity contribution is -0.123. The normalized spacial score (nSPS) is 21.0. The fraction of sp³-hybridized carbons (Fsp3) is 0.643. The van der Waals surface area contributed by atoms with Crippen LogP contribution in [0.15, 0.2) is 17.5 Å². The molecular weight excluding hydrogens is 329 g/mol. The SMILES string of the molecule is Cl.Cl.NC1(C(=O)NCC(c2cccs2)N2CCCC2)CC1. The Morgan fingerprint density at radius 1 is 1.38 bits per heavy atom. The van der Waals surface area contributed by atoms with Crippen LogP contribution in [-0.4, -0.2) is 36.0 Å². The molecule has 0 radical (unpaired) electrons. The first kappa shape index (κ1) is 18.7. The molecule has 1 amide bonds. The van der Waals surface area contributed by atoms with Gasteiger partial charge in [0.1, 0.15) is 0 Å². The summed E-state index contributed by atoms with van der Waals surface area (Å²) in [6, 6.07) is 4.56. The fourth-order valence-electron chi connectivity index (χ4n) is 2.67. The summed E-state index contributed by atoms with van der Waals surface area (Å²) < 4.78 is 0. The zero-order valence-electron chi connectivity index (χ0n) is 11.9. The summed E-state index contributed by atoms with van der Waals surface area (Å²) in [5.74, 6) is 0.0215. The highest BCUT2D eigenvalue weighted by molar-refractivity contribution is 7.10. The minimum atomic E-state index is -0.564. The van der Waals surface area contributed by atoms with Crippen molar-refractivity contribution in [2.45, 2.75) is 37.3 Å². The number of rotatable bonds is 5. The molecule has 2 aliphatic rings. The van der Waals surface area contributed by atoms with Crippen molar-refractivity contribution in [1.29, 1.82) is 0 Å². The molecule has 1 aromatic rings. The predicted octanol–water partition coefficient (Wildman–Crippen LogP) is 2.34. The van der Waals surface area contributed by atoms with Crippen LogP contribution in [0.3, 0.4) is 0 Å². The molecular formula is C14H23Cl2N3OS. The highest BCUT2D eigenvalue weighted by atomic mass is 35.5. The molecule has 1 aromatic heterocycles. The topological polar surface area (TPSA) is 58.4 Å².